The predicted molar refractivity (Wildman–Crippen MR) is 102 cm³/mol. The monoisotopic (exact) mass is 367 g/mol. The van der Waals surface area contributed by atoms with Crippen molar-refractivity contribution in [3.8, 4) is 0 Å². The van der Waals surface area contributed by atoms with Crippen molar-refractivity contribution < 1.29 is 4.79 Å². The molecule has 132 valence electrons. The van der Waals surface area contributed by atoms with Crippen molar-refractivity contribution in [2.75, 3.05) is 13.1 Å². The van der Waals surface area contributed by atoms with Crippen molar-refractivity contribution in [3.63, 3.8) is 0 Å². The lowest BCUT2D eigenvalue weighted by atomic mass is 9.82. The summed E-state index contributed by atoms with van der Waals surface area (Å²) in [6.45, 7) is 3.40. The van der Waals surface area contributed by atoms with E-state index in [4.69, 9.17) is 11.6 Å². The normalized spacial score (nSPS) is 19.8. The number of carbonyl (C=O) groups excluding carboxylic acids is 1. The van der Waals surface area contributed by atoms with Gasteiger partial charge in [0.2, 0.25) is 0 Å². The van der Waals surface area contributed by atoms with Gasteiger partial charge in [-0.05, 0) is 36.2 Å². The molecule has 0 bridgehead atoms. The van der Waals surface area contributed by atoms with Crippen LogP contribution in [-0.2, 0) is 5.41 Å². The number of H-pyrrole nitrogens is 1. The van der Waals surface area contributed by atoms with Crippen LogP contribution in [0.3, 0.4) is 0 Å². The number of nitrogens with one attached hydrogen (secondary N) is 1. The molecule has 1 aliphatic heterocycles. The Balaban J connectivity index is 1.67. The summed E-state index contributed by atoms with van der Waals surface area (Å²) in [5, 5.41) is 1.05. The molecule has 4 rings (SSSR count). The molecule has 1 N–H and O–H groups in total. The minimum Gasteiger partial charge on any atom is -0.338 e. The van der Waals surface area contributed by atoms with Gasteiger partial charge in [-0.3, -0.25) is 9.59 Å². The zero-order valence-electron chi connectivity index (χ0n) is 14.3. The van der Waals surface area contributed by atoms with Crippen LogP contribution in [0, 0.1) is 0 Å². The molecule has 0 spiro atoms. The number of rotatable bonds is 2. The fourth-order valence-corrected chi connectivity index (χ4v) is 3.82. The molecule has 6 heteroatoms. The molecule has 2 aromatic carbocycles. The van der Waals surface area contributed by atoms with E-state index in [-0.39, 0.29) is 16.9 Å². The topological polar surface area (TPSA) is 66.1 Å². The summed E-state index contributed by atoms with van der Waals surface area (Å²) in [7, 11) is 0. The van der Waals surface area contributed by atoms with Crippen molar-refractivity contribution >= 4 is 28.4 Å². The number of likely N-dealkylation sites (tertiary alicyclic amines) is 1. The van der Waals surface area contributed by atoms with Crippen molar-refractivity contribution in [2.45, 2.75) is 18.8 Å². The highest BCUT2D eigenvalue weighted by Crippen LogP contribution is 2.35. The van der Waals surface area contributed by atoms with Crippen LogP contribution in [0.2, 0.25) is 5.02 Å². The van der Waals surface area contributed by atoms with Crippen LogP contribution in [0.5, 0.6) is 0 Å². The van der Waals surface area contributed by atoms with Gasteiger partial charge in [0.25, 0.3) is 11.5 Å². The Bertz CT molecular complexity index is 1040. The standard InChI is InChI=1S/C20H18ClN3O2/c1-20(13-5-7-14(21)8-6-13)9-10-24(11-20)19(26)15-3-2-4-16-17(15)18(25)23-12-22-16/h2-8,12H,9-11H2,1H3,(H,22,23,25). The number of aromatic amines is 1. The highest BCUT2D eigenvalue weighted by molar-refractivity contribution is 6.30. The second kappa shape index (κ2) is 6.25. The number of aromatic nitrogens is 2. The van der Waals surface area contributed by atoms with Crippen molar-refractivity contribution in [3.05, 3.63) is 75.3 Å². The smallest absolute Gasteiger partial charge is 0.259 e. The number of fused-ring (bicyclic) bond motifs is 1. The summed E-state index contributed by atoms with van der Waals surface area (Å²) in [6, 6.07) is 13.0. The number of hydrogen-bond acceptors (Lipinski definition) is 3. The number of benzene rings is 2. The predicted octanol–water partition coefficient (Wildman–Crippen LogP) is 3.38. The molecule has 0 radical (unpaired) electrons. The fraction of sp³-hybridized carbons (Fsp3) is 0.250. The maximum atomic E-state index is 13.1. The fourth-order valence-electron chi connectivity index (χ4n) is 3.69. The summed E-state index contributed by atoms with van der Waals surface area (Å²) < 4.78 is 0. The summed E-state index contributed by atoms with van der Waals surface area (Å²) >= 11 is 5.99. The number of halogens is 1. The second-order valence-electron chi connectivity index (χ2n) is 6.98. The van der Waals surface area contributed by atoms with Crippen molar-refractivity contribution in [1.82, 2.24) is 14.9 Å². The lowest BCUT2D eigenvalue weighted by molar-refractivity contribution is 0.0786. The molecule has 2 heterocycles. The number of hydrogen-bond donors (Lipinski definition) is 1. The van der Waals surface area contributed by atoms with E-state index < -0.39 is 0 Å². The summed E-state index contributed by atoms with van der Waals surface area (Å²) in [5.41, 5.74) is 1.67. The molecule has 1 unspecified atom stereocenters. The average molecular weight is 368 g/mol. The van der Waals surface area contributed by atoms with Crippen LogP contribution in [-0.4, -0.2) is 33.9 Å². The van der Waals surface area contributed by atoms with E-state index in [1.165, 1.54) is 6.33 Å². The van der Waals surface area contributed by atoms with Gasteiger partial charge in [0, 0.05) is 23.5 Å². The van der Waals surface area contributed by atoms with Crippen LogP contribution in [0.15, 0.2) is 53.6 Å². The van der Waals surface area contributed by atoms with E-state index in [9.17, 15) is 9.59 Å². The van der Waals surface area contributed by atoms with E-state index in [2.05, 4.69) is 16.9 Å². The minimum absolute atomic E-state index is 0.129. The van der Waals surface area contributed by atoms with Gasteiger partial charge in [-0.1, -0.05) is 36.7 Å². The van der Waals surface area contributed by atoms with Crippen molar-refractivity contribution in [2.24, 2.45) is 0 Å². The largest absolute Gasteiger partial charge is 0.338 e. The van der Waals surface area contributed by atoms with Gasteiger partial charge >= 0.3 is 0 Å². The van der Waals surface area contributed by atoms with Gasteiger partial charge in [-0.25, -0.2) is 4.98 Å². The van der Waals surface area contributed by atoms with Gasteiger partial charge in [0.1, 0.15) is 0 Å². The molecule has 1 saturated heterocycles. The van der Waals surface area contributed by atoms with Gasteiger partial charge in [0.05, 0.1) is 22.8 Å². The molecular weight excluding hydrogens is 350 g/mol. The number of carbonyl (C=O) groups is 1. The highest BCUT2D eigenvalue weighted by atomic mass is 35.5. The third kappa shape index (κ3) is 2.78. The molecule has 5 nitrogen and oxygen atoms in total. The van der Waals surface area contributed by atoms with E-state index in [1.807, 2.05) is 29.2 Å². The van der Waals surface area contributed by atoms with Gasteiger partial charge in [0.15, 0.2) is 0 Å². The molecule has 26 heavy (non-hydrogen) atoms. The first kappa shape index (κ1) is 16.8. The first-order valence-electron chi connectivity index (χ1n) is 8.50. The zero-order valence-corrected chi connectivity index (χ0v) is 15.1. The molecule has 1 amide bonds. The van der Waals surface area contributed by atoms with E-state index >= 15 is 0 Å². The first-order valence-corrected chi connectivity index (χ1v) is 8.87. The molecule has 1 aromatic heterocycles. The number of nitrogens with zero attached hydrogens (tertiary/aromatic N) is 2. The lowest BCUT2D eigenvalue weighted by Crippen LogP contribution is -2.33. The number of amides is 1. The van der Waals surface area contributed by atoms with Crippen LogP contribution >= 0.6 is 11.6 Å². The SMILES string of the molecule is CC1(c2ccc(Cl)cc2)CCN(C(=O)c2cccc3nc[nH]c(=O)c23)C1. The first-order chi connectivity index (χ1) is 12.5. The Labute approximate surface area is 155 Å². The Morgan fingerprint density at radius 2 is 2.00 bits per heavy atom. The summed E-state index contributed by atoms with van der Waals surface area (Å²) in [6.07, 6.45) is 2.21. The molecule has 0 saturated carbocycles. The Kier molecular flexibility index (Phi) is 4.04. The molecule has 1 fully saturated rings. The Hall–Kier alpha value is -2.66. The maximum Gasteiger partial charge on any atom is 0.259 e. The quantitative estimate of drug-likeness (QED) is 0.755. The minimum atomic E-state index is -0.293. The molecule has 1 aliphatic rings. The molecule has 0 aliphatic carbocycles. The van der Waals surface area contributed by atoms with Crippen LogP contribution in [0.25, 0.3) is 10.9 Å². The summed E-state index contributed by atoms with van der Waals surface area (Å²) in [5.74, 6) is -0.133. The molecular formula is C20H18ClN3O2. The highest BCUT2D eigenvalue weighted by Gasteiger charge is 2.38. The maximum absolute atomic E-state index is 13.1. The van der Waals surface area contributed by atoms with E-state index in [0.29, 0.717) is 34.6 Å². The van der Waals surface area contributed by atoms with Gasteiger partial charge < -0.3 is 9.88 Å². The van der Waals surface area contributed by atoms with Gasteiger partial charge in [-0.15, -0.1) is 0 Å². The van der Waals surface area contributed by atoms with Crippen LogP contribution in [0.4, 0.5) is 0 Å². The van der Waals surface area contributed by atoms with E-state index in [1.54, 1.807) is 18.2 Å². The zero-order chi connectivity index (χ0) is 18.3. The average Bonchev–Trinajstić information content (AvgIpc) is 3.05. The van der Waals surface area contributed by atoms with Crippen molar-refractivity contribution in [1.29, 1.82) is 0 Å². The summed E-state index contributed by atoms with van der Waals surface area (Å²) in [4.78, 5) is 33.9. The second-order valence-corrected chi connectivity index (χ2v) is 7.41. The van der Waals surface area contributed by atoms with Gasteiger partial charge in [-0.2, -0.15) is 0 Å². The van der Waals surface area contributed by atoms with Crippen LogP contribution < -0.4 is 5.56 Å². The third-order valence-electron chi connectivity index (χ3n) is 5.20. The van der Waals surface area contributed by atoms with E-state index in [0.717, 1.165) is 12.0 Å². The Morgan fingerprint density at radius 1 is 1.23 bits per heavy atom. The third-order valence-corrected chi connectivity index (χ3v) is 5.45. The van der Waals surface area contributed by atoms with Crippen LogP contribution in [0.1, 0.15) is 29.3 Å². The lowest BCUT2D eigenvalue weighted by Gasteiger charge is -2.25. The Morgan fingerprint density at radius 3 is 2.77 bits per heavy atom. The molecule has 3 aromatic rings. The molecule has 1 atom stereocenters.